The third-order valence-electron chi connectivity index (χ3n) is 14.3. The fourth-order valence-corrected chi connectivity index (χ4v) is 10.8. The lowest BCUT2D eigenvalue weighted by Crippen LogP contribution is -2.25. The SMILES string of the molecule is C1=C(c2ccc(-c3ccc(-c4ccc(-c5ccc(C6Nc7ccccc7N6c6ccccc6)cc5)c5ccccc45)c4ccccc34)cc2)NC(c2ccccc2)[N-]C1c1ccc(-c2ccccc2)cc1. The zero-order valence-corrected chi connectivity index (χ0v) is 39.0. The van der Waals surface area contributed by atoms with Crippen LogP contribution < -0.4 is 15.5 Å². The van der Waals surface area contributed by atoms with Gasteiger partial charge in [-0.3, -0.25) is 0 Å². The molecule has 0 fully saturated rings. The Balaban J connectivity index is 0.805. The molecule has 11 aromatic rings. The van der Waals surface area contributed by atoms with Crippen molar-refractivity contribution in [3.63, 3.8) is 0 Å². The minimum atomic E-state index is -0.179. The van der Waals surface area contributed by atoms with Crippen LogP contribution in [0, 0.1) is 0 Å². The summed E-state index contributed by atoms with van der Waals surface area (Å²) in [4.78, 5) is 2.39. The van der Waals surface area contributed by atoms with E-state index in [0.717, 1.165) is 28.2 Å². The first kappa shape index (κ1) is 42.2. The van der Waals surface area contributed by atoms with Gasteiger partial charge >= 0.3 is 0 Å². The fourth-order valence-electron chi connectivity index (χ4n) is 10.8. The highest BCUT2D eigenvalue weighted by Crippen LogP contribution is 2.47. The number of fused-ring (bicyclic) bond motifs is 3. The molecule has 0 amide bonds. The highest BCUT2D eigenvalue weighted by atomic mass is 15.3. The Morgan fingerprint density at radius 2 is 0.775 bits per heavy atom. The third kappa shape index (κ3) is 7.91. The molecule has 4 heteroatoms. The van der Waals surface area contributed by atoms with E-state index in [1.165, 1.54) is 82.9 Å². The summed E-state index contributed by atoms with van der Waals surface area (Å²) in [7, 11) is 0. The molecule has 2 heterocycles. The van der Waals surface area contributed by atoms with E-state index in [0.29, 0.717) is 0 Å². The van der Waals surface area contributed by atoms with Crippen LogP contribution in [0.1, 0.15) is 40.6 Å². The zero-order chi connectivity index (χ0) is 47.1. The summed E-state index contributed by atoms with van der Waals surface area (Å²) in [6.45, 7) is 0. The second-order valence-electron chi connectivity index (χ2n) is 18.5. The number of para-hydroxylation sites is 3. The molecule has 3 atom stereocenters. The molecule has 0 spiro atoms. The van der Waals surface area contributed by atoms with Crippen LogP contribution in [0.15, 0.2) is 267 Å². The average Bonchev–Trinajstić information content (AvgIpc) is 3.85. The zero-order valence-electron chi connectivity index (χ0n) is 39.0. The van der Waals surface area contributed by atoms with Gasteiger partial charge in [0.1, 0.15) is 6.17 Å². The Kier molecular flexibility index (Phi) is 10.8. The van der Waals surface area contributed by atoms with Gasteiger partial charge in [0.15, 0.2) is 0 Å². The molecule has 3 unspecified atom stereocenters. The van der Waals surface area contributed by atoms with Crippen molar-refractivity contribution in [2.24, 2.45) is 0 Å². The standard InChI is InChI=1S/C67H49N4/c1-4-16-45(17-5-1)46-28-34-49(35-29-46)63-44-64(69-66(68-63)51-18-6-2-7-19-51)50-36-30-47(31-37-50)54-40-42-60(58-24-12-10-22-56(54)58)61-43-41-55(57-23-11-13-25-59(57)61)48-32-38-52(39-33-48)67-70-62-26-14-15-27-65(62)71(67)53-20-8-3-9-21-53/h1-44,63,66-67,69-70H/q-1. The van der Waals surface area contributed by atoms with E-state index in [-0.39, 0.29) is 18.4 Å². The van der Waals surface area contributed by atoms with Gasteiger partial charge in [0.25, 0.3) is 0 Å². The Labute approximate surface area is 415 Å². The molecule has 13 rings (SSSR count). The maximum absolute atomic E-state index is 5.31. The summed E-state index contributed by atoms with van der Waals surface area (Å²) in [6, 6.07) is 94.2. The van der Waals surface area contributed by atoms with Gasteiger partial charge in [-0.25, -0.2) is 0 Å². The molecular formula is C67H49N4-. The topological polar surface area (TPSA) is 41.4 Å². The Hall–Kier alpha value is -8.96. The summed E-state index contributed by atoms with van der Waals surface area (Å²) in [5.74, 6) is 0. The minimum absolute atomic E-state index is 0.0184. The van der Waals surface area contributed by atoms with Crippen LogP contribution >= 0.6 is 0 Å². The van der Waals surface area contributed by atoms with Crippen molar-refractivity contribution >= 4 is 44.3 Å². The van der Waals surface area contributed by atoms with E-state index in [1.807, 2.05) is 0 Å². The number of benzene rings is 11. The molecule has 4 nitrogen and oxygen atoms in total. The van der Waals surface area contributed by atoms with Gasteiger partial charge in [-0.05, 0) is 113 Å². The van der Waals surface area contributed by atoms with Gasteiger partial charge in [0.2, 0.25) is 0 Å². The molecule has 71 heavy (non-hydrogen) atoms. The predicted octanol–water partition coefficient (Wildman–Crippen LogP) is 17.7. The summed E-state index contributed by atoms with van der Waals surface area (Å²) in [6.07, 6.45) is 2.07. The number of anilines is 3. The number of hydrogen-bond acceptors (Lipinski definition) is 3. The second-order valence-corrected chi connectivity index (χ2v) is 18.5. The smallest absolute Gasteiger partial charge is 0.130 e. The van der Waals surface area contributed by atoms with Gasteiger partial charge in [0.05, 0.1) is 11.4 Å². The molecule has 2 aliphatic heterocycles. The van der Waals surface area contributed by atoms with E-state index >= 15 is 0 Å². The van der Waals surface area contributed by atoms with Crippen LogP contribution in [0.4, 0.5) is 17.1 Å². The normalized spacial score (nSPS) is 16.3. The second kappa shape index (κ2) is 18.2. The molecule has 0 aromatic heterocycles. The monoisotopic (exact) mass is 909 g/mol. The first-order chi connectivity index (χ1) is 35.2. The van der Waals surface area contributed by atoms with Gasteiger partial charge in [0, 0.05) is 11.4 Å². The molecule has 2 N–H and O–H groups in total. The van der Waals surface area contributed by atoms with Crippen LogP contribution in [-0.4, -0.2) is 0 Å². The van der Waals surface area contributed by atoms with Crippen molar-refractivity contribution in [2.45, 2.75) is 18.4 Å². The summed E-state index contributed by atoms with van der Waals surface area (Å²) in [5, 5.41) is 17.8. The quantitative estimate of drug-likeness (QED) is 0.152. The lowest BCUT2D eigenvalue weighted by molar-refractivity contribution is 0.664. The fraction of sp³-hybridized carbons (Fsp3) is 0.0448. The van der Waals surface area contributed by atoms with Crippen molar-refractivity contribution in [3.8, 4) is 44.5 Å². The molecule has 2 aliphatic rings. The molecule has 0 bridgehead atoms. The van der Waals surface area contributed by atoms with Crippen molar-refractivity contribution in [1.82, 2.24) is 5.32 Å². The number of rotatable bonds is 9. The molecule has 0 aliphatic carbocycles. The van der Waals surface area contributed by atoms with E-state index in [2.05, 4.69) is 282 Å². The van der Waals surface area contributed by atoms with Gasteiger partial charge in [-0.1, -0.05) is 254 Å². The lowest BCUT2D eigenvalue weighted by atomic mass is 9.87. The van der Waals surface area contributed by atoms with E-state index in [4.69, 9.17) is 5.32 Å². The van der Waals surface area contributed by atoms with Crippen LogP contribution in [0.2, 0.25) is 0 Å². The van der Waals surface area contributed by atoms with E-state index < -0.39 is 0 Å². The van der Waals surface area contributed by atoms with E-state index in [1.54, 1.807) is 0 Å². The molecule has 0 radical (unpaired) electrons. The maximum Gasteiger partial charge on any atom is 0.130 e. The van der Waals surface area contributed by atoms with Crippen molar-refractivity contribution < 1.29 is 0 Å². The molecule has 11 aromatic carbocycles. The Morgan fingerprint density at radius 1 is 0.324 bits per heavy atom. The first-order valence-electron chi connectivity index (χ1n) is 24.5. The maximum atomic E-state index is 5.31. The first-order valence-corrected chi connectivity index (χ1v) is 24.5. The van der Waals surface area contributed by atoms with Crippen LogP contribution in [-0.2, 0) is 0 Å². The molecule has 0 saturated carbocycles. The Morgan fingerprint density at radius 3 is 1.39 bits per heavy atom. The summed E-state index contributed by atoms with van der Waals surface area (Å²) < 4.78 is 0. The van der Waals surface area contributed by atoms with E-state index in [9.17, 15) is 0 Å². The molecule has 338 valence electrons. The Bertz CT molecular complexity index is 3720. The van der Waals surface area contributed by atoms with Gasteiger partial charge < -0.3 is 20.9 Å². The van der Waals surface area contributed by atoms with Crippen molar-refractivity contribution in [2.75, 3.05) is 10.2 Å². The lowest BCUT2D eigenvalue weighted by Gasteiger charge is -2.45. The average molecular weight is 910 g/mol. The van der Waals surface area contributed by atoms with Gasteiger partial charge in [-0.15, -0.1) is 0 Å². The molecular weight excluding hydrogens is 861 g/mol. The highest BCUT2D eigenvalue weighted by molar-refractivity contribution is 6.12. The van der Waals surface area contributed by atoms with Crippen molar-refractivity contribution in [1.29, 1.82) is 0 Å². The molecule has 0 saturated heterocycles. The minimum Gasteiger partial charge on any atom is -0.629 e. The number of nitrogens with zero attached hydrogens (tertiary/aromatic N) is 2. The number of hydrogen-bond donors (Lipinski definition) is 2. The van der Waals surface area contributed by atoms with Crippen LogP contribution in [0.5, 0.6) is 0 Å². The summed E-state index contributed by atoms with van der Waals surface area (Å²) >= 11 is 0. The summed E-state index contributed by atoms with van der Waals surface area (Å²) in [5.41, 5.74) is 18.9. The predicted molar refractivity (Wildman–Crippen MR) is 297 cm³/mol. The largest absolute Gasteiger partial charge is 0.629 e. The third-order valence-corrected chi connectivity index (χ3v) is 14.3. The van der Waals surface area contributed by atoms with Crippen LogP contribution in [0.3, 0.4) is 0 Å². The van der Waals surface area contributed by atoms with Crippen LogP contribution in [0.25, 0.3) is 77.1 Å². The van der Waals surface area contributed by atoms with Crippen molar-refractivity contribution in [3.05, 3.63) is 295 Å². The number of nitrogens with one attached hydrogen (secondary N) is 2. The van der Waals surface area contributed by atoms with Gasteiger partial charge in [-0.2, -0.15) is 0 Å². The highest BCUT2D eigenvalue weighted by Gasteiger charge is 2.31.